The number of rotatable bonds is 7. The lowest BCUT2D eigenvalue weighted by Crippen LogP contribution is -2.23. The van der Waals surface area contributed by atoms with Crippen molar-refractivity contribution in [1.82, 2.24) is 0 Å². The number of methoxy groups -OCH3 is 1. The summed E-state index contributed by atoms with van der Waals surface area (Å²) in [5, 5.41) is 10.7. The molecule has 0 aliphatic heterocycles. The lowest BCUT2D eigenvalue weighted by Gasteiger charge is -2.21. The third kappa shape index (κ3) is 4.47. The molecule has 6 heteroatoms. The first kappa shape index (κ1) is 18.3. The van der Waals surface area contributed by atoms with Crippen LogP contribution in [0.4, 0.5) is 11.4 Å². The molecule has 24 heavy (non-hydrogen) atoms. The minimum absolute atomic E-state index is 0.0849. The van der Waals surface area contributed by atoms with Crippen LogP contribution in [-0.2, 0) is 4.79 Å². The van der Waals surface area contributed by atoms with Gasteiger partial charge in [0.2, 0.25) is 0 Å². The maximum Gasteiger partial charge on any atom is 0.158 e. The summed E-state index contributed by atoms with van der Waals surface area (Å²) >= 11 is 3.45. The maximum atomic E-state index is 12.5. The first-order valence-electron chi connectivity index (χ1n) is 7.77. The standard InChI is InChI=1S/C18H22BrN3O2/c1-22(12-20)18-15(7-4-8-17(18)24-2)21-11-16(23)13-5-3-6-14(19)10-9-13/h4,6-10,12-13,20-21H,3,5,11H2,1-2H3. The van der Waals surface area contributed by atoms with Gasteiger partial charge >= 0.3 is 0 Å². The van der Waals surface area contributed by atoms with E-state index in [4.69, 9.17) is 10.1 Å². The number of carbonyl (C=O) groups is 1. The Morgan fingerprint density at radius 1 is 1.54 bits per heavy atom. The van der Waals surface area contributed by atoms with Gasteiger partial charge in [-0.1, -0.05) is 40.2 Å². The second-order valence-electron chi connectivity index (χ2n) is 5.55. The monoisotopic (exact) mass is 391 g/mol. The third-order valence-corrected chi connectivity index (χ3v) is 4.52. The summed E-state index contributed by atoms with van der Waals surface area (Å²) in [6.07, 6.45) is 8.88. The van der Waals surface area contributed by atoms with Crippen LogP contribution in [0.5, 0.6) is 5.75 Å². The predicted octanol–water partition coefficient (Wildman–Crippen LogP) is 3.96. The second kappa shape index (κ2) is 8.68. The Morgan fingerprint density at radius 2 is 2.33 bits per heavy atom. The molecule has 0 heterocycles. The molecule has 0 bridgehead atoms. The highest BCUT2D eigenvalue weighted by molar-refractivity contribution is 9.11. The van der Waals surface area contributed by atoms with Crippen LogP contribution >= 0.6 is 15.9 Å². The number of hydrogen-bond acceptors (Lipinski definition) is 4. The van der Waals surface area contributed by atoms with E-state index in [9.17, 15) is 4.79 Å². The van der Waals surface area contributed by atoms with Crippen LogP contribution < -0.4 is 15.0 Å². The van der Waals surface area contributed by atoms with E-state index in [1.165, 1.54) is 6.34 Å². The Labute approximate surface area is 151 Å². The van der Waals surface area contributed by atoms with Gasteiger partial charge in [-0.05, 0) is 25.0 Å². The van der Waals surface area contributed by atoms with Crippen LogP contribution in [0.2, 0.25) is 0 Å². The zero-order chi connectivity index (χ0) is 17.5. The molecular weight excluding hydrogens is 370 g/mol. The average molecular weight is 392 g/mol. The highest BCUT2D eigenvalue weighted by atomic mass is 79.9. The Kier molecular flexibility index (Phi) is 6.61. The van der Waals surface area contributed by atoms with Crippen molar-refractivity contribution < 1.29 is 9.53 Å². The number of carbonyl (C=O) groups excluding carboxylic acids is 1. The van der Waals surface area contributed by atoms with E-state index in [0.717, 1.165) is 28.7 Å². The molecule has 1 aromatic carbocycles. The lowest BCUT2D eigenvalue weighted by atomic mass is 9.98. The van der Waals surface area contributed by atoms with Crippen molar-refractivity contribution in [1.29, 1.82) is 5.41 Å². The van der Waals surface area contributed by atoms with Crippen molar-refractivity contribution in [2.24, 2.45) is 5.92 Å². The Balaban J connectivity index is 2.10. The molecule has 2 rings (SSSR count). The number of Topliss-reactive ketones (excluding diaryl/α,β-unsaturated/α-hetero) is 1. The molecule has 0 saturated heterocycles. The van der Waals surface area contributed by atoms with E-state index in [2.05, 4.69) is 27.3 Å². The molecule has 1 unspecified atom stereocenters. The van der Waals surface area contributed by atoms with Crippen molar-refractivity contribution in [3.63, 3.8) is 0 Å². The summed E-state index contributed by atoms with van der Waals surface area (Å²) in [6.45, 7) is 0.235. The number of nitrogens with zero attached hydrogens (tertiary/aromatic N) is 1. The van der Waals surface area contributed by atoms with Gasteiger partial charge in [0.25, 0.3) is 0 Å². The third-order valence-electron chi connectivity index (χ3n) is 3.94. The molecule has 1 atom stereocenters. The average Bonchev–Trinajstić information content (AvgIpc) is 2.83. The van der Waals surface area contributed by atoms with E-state index >= 15 is 0 Å². The van der Waals surface area contributed by atoms with E-state index in [1.807, 2.05) is 30.4 Å². The summed E-state index contributed by atoms with van der Waals surface area (Å²) < 4.78 is 6.39. The van der Waals surface area contributed by atoms with Crippen LogP contribution in [0.3, 0.4) is 0 Å². The maximum absolute atomic E-state index is 12.5. The van der Waals surface area contributed by atoms with Gasteiger partial charge in [0.05, 0.1) is 25.7 Å². The van der Waals surface area contributed by atoms with Crippen LogP contribution in [0.15, 0.2) is 40.9 Å². The van der Waals surface area contributed by atoms with Gasteiger partial charge in [0.1, 0.15) is 11.4 Å². The van der Waals surface area contributed by atoms with Gasteiger partial charge in [-0.15, -0.1) is 0 Å². The number of anilines is 2. The van der Waals surface area contributed by atoms with Gasteiger partial charge in [0, 0.05) is 17.4 Å². The van der Waals surface area contributed by atoms with Crippen LogP contribution in [0.1, 0.15) is 12.8 Å². The smallest absolute Gasteiger partial charge is 0.158 e. The first-order valence-corrected chi connectivity index (χ1v) is 8.57. The fourth-order valence-corrected chi connectivity index (χ4v) is 2.99. The molecule has 2 N–H and O–H groups in total. The van der Waals surface area contributed by atoms with Crippen molar-refractivity contribution in [3.8, 4) is 5.75 Å². The van der Waals surface area contributed by atoms with Crippen molar-refractivity contribution in [2.75, 3.05) is 30.9 Å². The van der Waals surface area contributed by atoms with Gasteiger partial charge < -0.3 is 15.0 Å². The van der Waals surface area contributed by atoms with Crippen molar-refractivity contribution >= 4 is 39.4 Å². The number of benzene rings is 1. The number of hydrogen-bond donors (Lipinski definition) is 2. The Morgan fingerprint density at radius 3 is 3.04 bits per heavy atom. The molecule has 128 valence electrons. The zero-order valence-corrected chi connectivity index (χ0v) is 15.5. The molecule has 1 aliphatic rings. The van der Waals surface area contributed by atoms with E-state index < -0.39 is 0 Å². The number of halogens is 1. The normalized spacial score (nSPS) is 16.8. The zero-order valence-electron chi connectivity index (χ0n) is 13.9. The second-order valence-corrected chi connectivity index (χ2v) is 6.46. The Hall–Kier alpha value is -2.08. The predicted molar refractivity (Wildman–Crippen MR) is 103 cm³/mol. The molecular formula is C18H22BrN3O2. The van der Waals surface area contributed by atoms with Crippen molar-refractivity contribution in [2.45, 2.75) is 12.8 Å². The molecule has 0 fully saturated rings. The fraction of sp³-hybridized carbons (Fsp3) is 0.333. The number of allylic oxidation sites excluding steroid dienone is 4. The number of nitrogens with one attached hydrogen (secondary N) is 2. The summed E-state index contributed by atoms with van der Waals surface area (Å²) in [5.41, 5.74) is 1.51. The van der Waals surface area contributed by atoms with Crippen molar-refractivity contribution in [3.05, 3.63) is 40.9 Å². The van der Waals surface area contributed by atoms with Crippen LogP contribution in [0, 0.1) is 11.3 Å². The lowest BCUT2D eigenvalue weighted by molar-refractivity contribution is -0.119. The summed E-state index contributed by atoms with van der Waals surface area (Å²) in [6, 6.07) is 5.57. The minimum Gasteiger partial charge on any atom is -0.494 e. The van der Waals surface area contributed by atoms with Gasteiger partial charge in [0.15, 0.2) is 5.78 Å². The Bertz CT molecular complexity index is 670. The van der Waals surface area contributed by atoms with Gasteiger partial charge in [-0.3, -0.25) is 10.2 Å². The molecule has 5 nitrogen and oxygen atoms in total. The quantitative estimate of drug-likeness (QED) is 0.545. The van der Waals surface area contributed by atoms with Crippen LogP contribution in [0.25, 0.3) is 0 Å². The fourth-order valence-electron chi connectivity index (χ4n) is 2.61. The highest BCUT2D eigenvalue weighted by Gasteiger charge is 2.18. The SMILES string of the molecule is COc1cccc(NCC(=O)C2C=CC(Br)=CCC2)c1N(C)C=N. The van der Waals surface area contributed by atoms with E-state index in [-0.39, 0.29) is 18.2 Å². The largest absolute Gasteiger partial charge is 0.494 e. The first-order chi connectivity index (χ1) is 11.6. The molecule has 0 amide bonds. The summed E-state index contributed by atoms with van der Waals surface area (Å²) in [5.74, 6) is 0.715. The topological polar surface area (TPSA) is 65.4 Å². The van der Waals surface area contributed by atoms with E-state index in [0.29, 0.717) is 5.75 Å². The van der Waals surface area contributed by atoms with Gasteiger partial charge in [-0.2, -0.15) is 0 Å². The summed E-state index contributed by atoms with van der Waals surface area (Å²) in [4.78, 5) is 14.1. The number of ketones is 1. The van der Waals surface area contributed by atoms with Gasteiger partial charge in [-0.25, -0.2) is 0 Å². The number of para-hydroxylation sites is 1. The molecule has 0 saturated carbocycles. The molecule has 0 aromatic heterocycles. The molecule has 1 aliphatic carbocycles. The molecule has 0 radical (unpaired) electrons. The summed E-state index contributed by atoms with van der Waals surface area (Å²) in [7, 11) is 3.36. The molecule has 0 spiro atoms. The van der Waals surface area contributed by atoms with Crippen LogP contribution in [-0.4, -0.2) is 32.8 Å². The highest BCUT2D eigenvalue weighted by Crippen LogP contribution is 2.34. The minimum atomic E-state index is -0.0849. The van der Waals surface area contributed by atoms with E-state index in [1.54, 1.807) is 19.1 Å². The number of ether oxygens (including phenoxy) is 1. The molecule has 1 aromatic rings.